The number of carboxylic acid groups (broad SMARTS) is 2. The van der Waals surface area contributed by atoms with E-state index in [1.165, 1.54) is 44.2 Å². The molecule has 0 aliphatic carbocycles. The molecule has 1 aromatic rings. The summed E-state index contributed by atoms with van der Waals surface area (Å²) in [6.45, 7) is 17.7. The van der Waals surface area contributed by atoms with E-state index in [0.717, 1.165) is 6.92 Å². The molecule has 1 aliphatic heterocycles. The minimum Gasteiger partial charge on any atom is -0.475 e. The second-order valence-electron chi connectivity index (χ2n) is 26.8. The molecule has 1 heterocycles. The molecule has 15 atom stereocenters. The zero-order chi connectivity index (χ0) is 81.5. The highest BCUT2D eigenvalue weighted by Gasteiger charge is 2.45. The number of halogens is 6. The van der Waals surface area contributed by atoms with Gasteiger partial charge >= 0.3 is 30.3 Å². The SMILES string of the molecule is CC[C@H](C)C1NC(=O)[C@@H](CCCN=C(N)N)NC(=O)[C@H](CC(C)C)NC(=O)[C@H]([C@H](O)C(C)C)NC(=O)[C@@H](NC(=O)[C@H](CC(C)C)NC(=O)[C@@H](N)C[Si](C)(C)C)[C@@H](c2ccccc2)OC(=O)[C@H](CO)NC(=O)[C@H]([C@H](O)C(N)=O)NC(=O)CNC(=O)C([C@H](C)O)NC1=O.O=C(O)C(F)(F)F.O=C(O)C(F)(F)F. The van der Waals surface area contributed by atoms with Crippen molar-refractivity contribution >= 4 is 96.9 Å². The second-order valence-corrected chi connectivity index (χ2v) is 32.3. The standard InChI is InChI=1S/C58H99N15O17Si.2C2HF3O2/c1-13-30(8)39-53(85)71-40(31(9)75)52(84)64-24-38(76)69-42(45(78)47(60)79)55(87)68-37(25-74)57(89)90-46(32-18-15-14-16-19-32)43(73-51(83)36(23-28(4)5)66-48(80)33(59)26-91(10,11)12)56(88)72-41(44(77)29(6)7)54(86)67-35(22-27(2)3)50(82)65-34(49(81)70-39)20-17-21-63-58(61)62;2*3-2(4,5)1(6)7/h14-16,18-19,27-31,33-37,39-46,74-75,77-78H,13,17,20-26,59H2,1-12H3,(H2,60,79)(H,64,84)(H,65,82)(H,66,80)(H,67,86)(H,68,87)(H,69,76)(H,70,81)(H,71,85)(H,72,88)(H,73,83)(H4,61,62,63);2*(H,6,7)/t30-,31-,33-,34+,35-,36-,37-,39?,40?,41-,42-,43-,44+,45-,46+;;/m0../s1. The number of nitrogens with two attached hydrogens (primary N) is 4. The van der Waals surface area contributed by atoms with Gasteiger partial charge in [0, 0.05) is 14.6 Å². The van der Waals surface area contributed by atoms with Crippen molar-refractivity contribution in [3.05, 3.63) is 35.9 Å². The Morgan fingerprint density at radius 1 is 0.648 bits per heavy atom. The quantitative estimate of drug-likeness (QED) is 0.0124. The molecule has 1 aromatic carbocycles. The summed E-state index contributed by atoms with van der Waals surface area (Å²) in [5.74, 6) is -22.6. The summed E-state index contributed by atoms with van der Waals surface area (Å²) in [5, 5.41) is 82.4. The summed E-state index contributed by atoms with van der Waals surface area (Å²) in [6, 6.07) is -10.4. The number of nitrogens with zero attached hydrogens (tertiary/aromatic N) is 1. The lowest BCUT2D eigenvalue weighted by molar-refractivity contribution is -0.193. The lowest BCUT2D eigenvalue weighted by atomic mass is 9.95. The van der Waals surface area contributed by atoms with E-state index in [0.29, 0.717) is 6.04 Å². The first-order valence-electron chi connectivity index (χ1n) is 32.8. The van der Waals surface area contributed by atoms with Gasteiger partial charge in [-0.25, -0.2) is 14.4 Å². The van der Waals surface area contributed by atoms with Gasteiger partial charge < -0.3 is 111 Å². The first kappa shape index (κ1) is 95.7. The first-order valence-corrected chi connectivity index (χ1v) is 36.5. The fourth-order valence-corrected chi connectivity index (χ4v) is 10.9. The molecule has 36 nitrogen and oxygen atoms in total. The third-order valence-corrected chi connectivity index (χ3v) is 16.7. The van der Waals surface area contributed by atoms with Crippen LogP contribution in [0.5, 0.6) is 0 Å². The number of hydrogen-bond donors (Lipinski definition) is 20. The van der Waals surface area contributed by atoms with Crippen molar-refractivity contribution in [2.24, 2.45) is 51.6 Å². The van der Waals surface area contributed by atoms with Gasteiger partial charge in [-0.05, 0) is 67.9 Å². The number of benzene rings is 1. The number of amides is 11. The topological polar surface area (TPSA) is 606 Å². The maximum Gasteiger partial charge on any atom is 0.490 e. The molecule has 0 aromatic heterocycles. The molecule has 24 N–H and O–H groups in total. The van der Waals surface area contributed by atoms with E-state index in [9.17, 15) is 99.5 Å². The van der Waals surface area contributed by atoms with Crippen LogP contribution in [0.15, 0.2) is 35.3 Å². The summed E-state index contributed by atoms with van der Waals surface area (Å²) in [6.07, 6.45) is -18.4. The lowest BCUT2D eigenvalue weighted by Gasteiger charge is -2.34. The predicted molar refractivity (Wildman–Crippen MR) is 362 cm³/mol. The molecule has 43 heteroatoms. The Bertz CT molecular complexity index is 3120. The van der Waals surface area contributed by atoms with Gasteiger partial charge in [-0.1, -0.05) is 112 Å². The summed E-state index contributed by atoms with van der Waals surface area (Å²) in [4.78, 5) is 192. The van der Waals surface area contributed by atoms with E-state index in [1.807, 2.05) is 30.3 Å². The van der Waals surface area contributed by atoms with Crippen LogP contribution < -0.4 is 76.1 Å². The number of carboxylic acids is 2. The van der Waals surface area contributed by atoms with Gasteiger partial charge in [-0.3, -0.25) is 57.7 Å². The Morgan fingerprint density at radius 2 is 1.13 bits per heavy atom. The number of esters is 1. The molecule has 0 saturated carbocycles. The number of alkyl halides is 6. The highest BCUT2D eigenvalue weighted by molar-refractivity contribution is 6.76. The minimum absolute atomic E-state index is 0.0471. The minimum atomic E-state index is -5.08. The molecule has 596 valence electrons. The highest BCUT2D eigenvalue weighted by atomic mass is 28.3. The number of ether oxygens (including phenoxy) is 1. The van der Waals surface area contributed by atoms with Crippen LogP contribution in [0, 0.1) is 23.7 Å². The van der Waals surface area contributed by atoms with E-state index in [-0.39, 0.29) is 62.0 Å². The number of carbonyl (C=O) groups is 14. The molecule has 0 radical (unpaired) electrons. The molecular weight excluding hydrogens is 1430 g/mol. The summed E-state index contributed by atoms with van der Waals surface area (Å²) < 4.78 is 69.4. The van der Waals surface area contributed by atoms with E-state index >= 15 is 4.79 Å². The Morgan fingerprint density at radius 3 is 1.59 bits per heavy atom. The zero-order valence-electron chi connectivity index (χ0n) is 60.0. The average molecular weight is 1530 g/mol. The third kappa shape index (κ3) is 35.3. The summed E-state index contributed by atoms with van der Waals surface area (Å²) >= 11 is 0. The number of nitrogens with one attached hydrogen (secondary N) is 10. The van der Waals surface area contributed by atoms with Crippen LogP contribution in [-0.4, -0.2) is 238 Å². The van der Waals surface area contributed by atoms with Gasteiger partial charge in [-0.15, -0.1) is 0 Å². The van der Waals surface area contributed by atoms with E-state index < -0.39 is 213 Å². The smallest absolute Gasteiger partial charge is 0.475 e. The maximum atomic E-state index is 15.4. The Balaban J connectivity index is 0.00000696. The van der Waals surface area contributed by atoms with Crippen molar-refractivity contribution in [3.8, 4) is 0 Å². The van der Waals surface area contributed by atoms with Crippen LogP contribution in [0.1, 0.15) is 106 Å². The molecule has 1 saturated heterocycles. The van der Waals surface area contributed by atoms with E-state index in [2.05, 4.69) is 47.5 Å². The molecule has 105 heavy (non-hydrogen) atoms. The fourth-order valence-electron chi connectivity index (χ4n) is 9.39. The number of rotatable bonds is 23. The number of guanidine groups is 1. The zero-order valence-corrected chi connectivity index (χ0v) is 61.0. The number of aliphatic carboxylic acids is 2. The third-order valence-electron chi connectivity index (χ3n) is 15.0. The largest absolute Gasteiger partial charge is 0.490 e. The van der Waals surface area contributed by atoms with E-state index in [4.69, 9.17) is 47.5 Å². The normalized spacial score (nSPS) is 22.9. The number of aliphatic hydroxyl groups excluding tert-OH is 4. The average Bonchev–Trinajstić information content (AvgIpc) is 0.813. The number of carbonyl (C=O) groups excluding carboxylic acids is 12. The number of aliphatic imine (C=N–C) groups is 1. The van der Waals surface area contributed by atoms with Crippen molar-refractivity contribution in [1.29, 1.82) is 0 Å². The van der Waals surface area contributed by atoms with Crippen molar-refractivity contribution in [3.63, 3.8) is 0 Å². The van der Waals surface area contributed by atoms with Crippen LogP contribution >= 0.6 is 0 Å². The molecular formula is C62H101F6N15O21Si. The molecule has 1 aliphatic rings. The first-order chi connectivity index (χ1) is 48.2. The molecule has 0 spiro atoms. The van der Waals surface area contributed by atoms with Gasteiger partial charge in [0.15, 0.2) is 24.2 Å². The maximum absolute atomic E-state index is 15.4. The van der Waals surface area contributed by atoms with Crippen molar-refractivity contribution in [2.45, 2.75) is 217 Å². The van der Waals surface area contributed by atoms with Crippen LogP contribution in [0.4, 0.5) is 26.3 Å². The Kier molecular flexibility index (Phi) is 40.5. The Hall–Kier alpha value is -9.33. The summed E-state index contributed by atoms with van der Waals surface area (Å²) in [7, 11) is -1.98. The summed E-state index contributed by atoms with van der Waals surface area (Å²) in [5.41, 5.74) is 22.7. The van der Waals surface area contributed by atoms with Gasteiger partial charge in [0.1, 0.15) is 48.3 Å². The molecule has 1 fully saturated rings. The van der Waals surface area contributed by atoms with Gasteiger partial charge in [0.2, 0.25) is 65.0 Å². The van der Waals surface area contributed by atoms with Gasteiger partial charge in [0.05, 0.1) is 31.4 Å². The van der Waals surface area contributed by atoms with E-state index in [1.54, 1.807) is 41.5 Å². The Labute approximate surface area is 601 Å². The monoisotopic (exact) mass is 1530 g/mol. The van der Waals surface area contributed by atoms with Crippen LogP contribution in [0.3, 0.4) is 0 Å². The molecule has 2 rings (SSSR count). The van der Waals surface area contributed by atoms with Crippen LogP contribution in [-0.2, 0) is 71.9 Å². The lowest BCUT2D eigenvalue weighted by Crippen LogP contribution is -2.64. The second kappa shape index (κ2) is 44.5. The van der Waals surface area contributed by atoms with Crippen molar-refractivity contribution < 1.29 is 129 Å². The fraction of sp³-hybridized carbons (Fsp3) is 0.661. The van der Waals surface area contributed by atoms with Crippen molar-refractivity contribution in [1.82, 2.24) is 53.2 Å². The highest BCUT2D eigenvalue weighted by Crippen LogP contribution is 2.25. The van der Waals surface area contributed by atoms with Crippen molar-refractivity contribution in [2.75, 3.05) is 19.7 Å². The van der Waals surface area contributed by atoms with Gasteiger partial charge in [0.25, 0.3) is 0 Å². The van der Waals surface area contributed by atoms with Crippen LogP contribution in [0.25, 0.3) is 0 Å². The molecule has 2 unspecified atom stereocenters. The number of primary amides is 1. The van der Waals surface area contributed by atoms with Crippen LogP contribution in [0.2, 0.25) is 25.7 Å². The molecule has 11 amide bonds. The predicted octanol–water partition coefficient (Wildman–Crippen LogP) is -3.88. The number of hydrogen-bond acceptors (Lipinski definition) is 21. The molecule has 0 bridgehead atoms. The number of cyclic esters (lactones) is 1. The number of aliphatic hydroxyl groups is 4. The van der Waals surface area contributed by atoms with Gasteiger partial charge in [-0.2, -0.15) is 26.3 Å².